The Balaban J connectivity index is 2.21. The van der Waals surface area contributed by atoms with Gasteiger partial charge in [0.25, 0.3) is 0 Å². The number of hydrogen-bond donors (Lipinski definition) is 0. The number of rotatable bonds is 7. The first-order valence-electron chi connectivity index (χ1n) is 8.76. The van der Waals surface area contributed by atoms with Crippen LogP contribution in [0.1, 0.15) is 52.9 Å². The van der Waals surface area contributed by atoms with E-state index in [9.17, 15) is 0 Å². The average molecular weight is 320 g/mol. The van der Waals surface area contributed by atoms with Crippen LogP contribution in [0.15, 0.2) is 12.7 Å². The summed E-state index contributed by atoms with van der Waals surface area (Å²) in [6.07, 6.45) is 2.99. The topological polar surface area (TPSA) is 50.1 Å². The van der Waals surface area contributed by atoms with E-state index in [4.69, 9.17) is 0 Å². The molecule has 1 aliphatic rings. The molecule has 6 nitrogen and oxygen atoms in total. The van der Waals surface area contributed by atoms with Gasteiger partial charge in [-0.05, 0) is 36.6 Å². The standard InChI is InChI=1S/C17H32N6/c1-7-9-21-10-12-22(13-11-21)15(14(3)4)16-18-19-20-23(16)17(5,6)8-2/h7,14-15H,1,8-13H2,2-6H3. The molecule has 1 unspecified atom stereocenters. The van der Waals surface area contributed by atoms with E-state index in [1.54, 1.807) is 0 Å². The molecule has 1 aromatic rings. The van der Waals surface area contributed by atoms with E-state index in [1.807, 2.05) is 10.8 Å². The molecule has 0 radical (unpaired) electrons. The van der Waals surface area contributed by atoms with Crippen molar-refractivity contribution < 1.29 is 0 Å². The fourth-order valence-electron chi connectivity index (χ4n) is 3.25. The maximum absolute atomic E-state index is 4.41. The van der Waals surface area contributed by atoms with Crippen LogP contribution in [0.3, 0.4) is 0 Å². The van der Waals surface area contributed by atoms with Crippen LogP contribution < -0.4 is 0 Å². The SMILES string of the molecule is C=CCN1CCN(C(c2nnnn2C(C)(C)CC)C(C)C)CC1. The van der Waals surface area contributed by atoms with Crippen molar-refractivity contribution in [3.8, 4) is 0 Å². The molecule has 0 amide bonds. The number of tetrazole rings is 1. The molecule has 23 heavy (non-hydrogen) atoms. The van der Waals surface area contributed by atoms with E-state index in [2.05, 4.69) is 66.5 Å². The van der Waals surface area contributed by atoms with Crippen molar-refractivity contribution in [3.05, 3.63) is 18.5 Å². The third-order valence-electron chi connectivity index (χ3n) is 5.02. The first-order valence-corrected chi connectivity index (χ1v) is 8.76. The van der Waals surface area contributed by atoms with Gasteiger partial charge < -0.3 is 0 Å². The summed E-state index contributed by atoms with van der Waals surface area (Å²) >= 11 is 0. The van der Waals surface area contributed by atoms with Gasteiger partial charge in [0.2, 0.25) is 0 Å². The maximum Gasteiger partial charge on any atom is 0.169 e. The second-order valence-electron chi connectivity index (χ2n) is 7.43. The molecule has 1 aromatic heterocycles. The summed E-state index contributed by atoms with van der Waals surface area (Å²) < 4.78 is 2.04. The van der Waals surface area contributed by atoms with E-state index >= 15 is 0 Å². The summed E-state index contributed by atoms with van der Waals surface area (Å²) in [5.41, 5.74) is -0.0589. The predicted molar refractivity (Wildman–Crippen MR) is 93.2 cm³/mol. The smallest absolute Gasteiger partial charge is 0.169 e. The Labute approximate surface area is 140 Å². The molecule has 0 spiro atoms. The van der Waals surface area contributed by atoms with Crippen molar-refractivity contribution in [2.24, 2.45) is 5.92 Å². The first-order chi connectivity index (χ1) is 10.9. The Morgan fingerprint density at radius 2 is 1.87 bits per heavy atom. The highest BCUT2D eigenvalue weighted by Crippen LogP contribution is 2.31. The minimum absolute atomic E-state index is 0.0589. The number of nitrogens with zero attached hydrogens (tertiary/aromatic N) is 6. The molecule has 1 fully saturated rings. The van der Waals surface area contributed by atoms with Crippen molar-refractivity contribution >= 4 is 0 Å². The average Bonchev–Trinajstić information content (AvgIpc) is 2.99. The molecular formula is C17H32N6. The zero-order valence-corrected chi connectivity index (χ0v) is 15.4. The Morgan fingerprint density at radius 3 is 2.39 bits per heavy atom. The minimum atomic E-state index is -0.0589. The molecule has 6 heteroatoms. The lowest BCUT2D eigenvalue weighted by Crippen LogP contribution is -2.49. The van der Waals surface area contributed by atoms with Crippen LogP contribution in [0.25, 0.3) is 0 Å². The van der Waals surface area contributed by atoms with Crippen LogP contribution in [0.5, 0.6) is 0 Å². The van der Waals surface area contributed by atoms with Gasteiger partial charge in [0.05, 0.1) is 11.6 Å². The summed E-state index contributed by atoms with van der Waals surface area (Å²) in [4.78, 5) is 4.98. The summed E-state index contributed by atoms with van der Waals surface area (Å²) in [6.45, 7) is 20.2. The van der Waals surface area contributed by atoms with E-state index in [-0.39, 0.29) is 11.6 Å². The molecular weight excluding hydrogens is 288 g/mol. The summed E-state index contributed by atoms with van der Waals surface area (Å²) in [5.74, 6) is 1.47. The van der Waals surface area contributed by atoms with E-state index in [0.29, 0.717) is 5.92 Å². The molecule has 0 N–H and O–H groups in total. The molecule has 130 valence electrons. The molecule has 0 aromatic carbocycles. The molecule has 0 saturated carbocycles. The zero-order chi connectivity index (χ0) is 17.0. The van der Waals surface area contributed by atoms with Crippen molar-refractivity contribution in [2.45, 2.75) is 52.6 Å². The van der Waals surface area contributed by atoms with Gasteiger partial charge in [0.15, 0.2) is 5.82 Å². The van der Waals surface area contributed by atoms with Crippen LogP contribution >= 0.6 is 0 Å². The van der Waals surface area contributed by atoms with E-state index < -0.39 is 0 Å². The Kier molecular flexibility index (Phi) is 5.92. The molecule has 2 rings (SSSR count). The van der Waals surface area contributed by atoms with Crippen LogP contribution in [-0.4, -0.2) is 62.7 Å². The van der Waals surface area contributed by atoms with Gasteiger partial charge in [-0.1, -0.05) is 26.8 Å². The number of piperazine rings is 1. The van der Waals surface area contributed by atoms with Gasteiger partial charge >= 0.3 is 0 Å². The van der Waals surface area contributed by atoms with Gasteiger partial charge in [0, 0.05) is 32.7 Å². The van der Waals surface area contributed by atoms with E-state index in [0.717, 1.165) is 45.0 Å². The lowest BCUT2D eigenvalue weighted by Gasteiger charge is -2.40. The van der Waals surface area contributed by atoms with Gasteiger partial charge in [-0.25, -0.2) is 4.68 Å². The Morgan fingerprint density at radius 1 is 1.22 bits per heavy atom. The second kappa shape index (κ2) is 7.53. The van der Waals surface area contributed by atoms with Crippen molar-refractivity contribution in [1.82, 2.24) is 30.0 Å². The lowest BCUT2D eigenvalue weighted by molar-refractivity contribution is 0.0713. The first kappa shape index (κ1) is 18.1. The van der Waals surface area contributed by atoms with Crippen LogP contribution in [-0.2, 0) is 5.54 Å². The minimum Gasteiger partial charge on any atom is -0.297 e. The number of aromatic nitrogens is 4. The van der Waals surface area contributed by atoms with E-state index in [1.165, 1.54) is 0 Å². The highest BCUT2D eigenvalue weighted by Gasteiger charge is 2.34. The van der Waals surface area contributed by atoms with Gasteiger partial charge in [0.1, 0.15) is 0 Å². The van der Waals surface area contributed by atoms with Crippen molar-refractivity contribution in [3.63, 3.8) is 0 Å². The van der Waals surface area contributed by atoms with Gasteiger partial charge in [-0.3, -0.25) is 9.80 Å². The summed E-state index contributed by atoms with van der Waals surface area (Å²) in [5, 5.41) is 12.7. The van der Waals surface area contributed by atoms with Gasteiger partial charge in [-0.2, -0.15) is 0 Å². The van der Waals surface area contributed by atoms with Crippen LogP contribution in [0, 0.1) is 5.92 Å². The third-order valence-corrected chi connectivity index (χ3v) is 5.02. The quantitative estimate of drug-likeness (QED) is 0.722. The molecule has 0 bridgehead atoms. The molecule has 1 saturated heterocycles. The molecule has 2 heterocycles. The predicted octanol–water partition coefficient (Wildman–Crippen LogP) is 2.32. The fraction of sp³-hybridized carbons (Fsp3) is 0.824. The van der Waals surface area contributed by atoms with Crippen molar-refractivity contribution in [1.29, 1.82) is 0 Å². The molecule has 1 aliphatic heterocycles. The summed E-state index contributed by atoms with van der Waals surface area (Å²) in [7, 11) is 0. The van der Waals surface area contributed by atoms with Crippen LogP contribution in [0.4, 0.5) is 0 Å². The highest BCUT2D eigenvalue weighted by molar-refractivity contribution is 5.00. The maximum atomic E-state index is 4.41. The molecule has 1 atom stereocenters. The third kappa shape index (κ3) is 3.98. The highest BCUT2D eigenvalue weighted by atomic mass is 15.6. The Hall–Kier alpha value is -1.27. The normalized spacial score (nSPS) is 19.2. The largest absolute Gasteiger partial charge is 0.297 e. The zero-order valence-electron chi connectivity index (χ0n) is 15.4. The van der Waals surface area contributed by atoms with Crippen molar-refractivity contribution in [2.75, 3.05) is 32.7 Å². The summed E-state index contributed by atoms with van der Waals surface area (Å²) in [6, 6.07) is 0.265. The van der Waals surface area contributed by atoms with Gasteiger partial charge in [-0.15, -0.1) is 11.7 Å². The monoisotopic (exact) mass is 320 g/mol. The number of hydrogen-bond acceptors (Lipinski definition) is 5. The lowest BCUT2D eigenvalue weighted by atomic mass is 9.97. The molecule has 0 aliphatic carbocycles. The Bertz CT molecular complexity index is 499. The van der Waals surface area contributed by atoms with Crippen LogP contribution in [0.2, 0.25) is 0 Å². The fourth-order valence-corrected chi connectivity index (χ4v) is 3.25. The second-order valence-corrected chi connectivity index (χ2v) is 7.43.